The maximum Gasteiger partial charge on any atom is 0.230 e. The fraction of sp³-hybridized carbons (Fsp3) is 0.571. The van der Waals surface area contributed by atoms with Crippen molar-refractivity contribution < 1.29 is 14.3 Å². The van der Waals surface area contributed by atoms with Gasteiger partial charge in [-0.15, -0.1) is 0 Å². The summed E-state index contributed by atoms with van der Waals surface area (Å²) in [5, 5.41) is 0. The number of hydrogen-bond donors (Lipinski definition) is 0. The minimum absolute atomic E-state index is 0.0633. The molecule has 0 aromatic carbocycles. The minimum Gasteiger partial charge on any atom is -0.360 e. The standard InChI is InChI=1S/C21H26N4O3/c1-23-10-12-24(13-11-23)19(26)17-16-2-6-21(28-16)14-25(20(27)18(17)21)9-5-15-3-7-22-8-4-15/h2-4,6-8,16-18H,5,9-14H2,1H3/t16-,17+,18+,21-/m0/s1. The Labute approximate surface area is 164 Å². The van der Waals surface area contributed by atoms with E-state index in [2.05, 4.69) is 16.9 Å². The molecule has 3 fully saturated rings. The number of likely N-dealkylation sites (tertiary alicyclic amines) is 1. The number of likely N-dealkylation sites (N-methyl/N-ethyl adjacent to an activating group) is 1. The lowest BCUT2D eigenvalue weighted by Gasteiger charge is -2.35. The Balaban J connectivity index is 1.32. The van der Waals surface area contributed by atoms with Crippen molar-refractivity contribution in [2.45, 2.75) is 18.1 Å². The first-order valence-electron chi connectivity index (χ1n) is 10.1. The third kappa shape index (κ3) is 2.76. The number of piperazine rings is 1. The summed E-state index contributed by atoms with van der Waals surface area (Å²) in [5.41, 5.74) is 0.538. The second-order valence-corrected chi connectivity index (χ2v) is 8.39. The highest BCUT2D eigenvalue weighted by Gasteiger charge is 2.67. The summed E-state index contributed by atoms with van der Waals surface area (Å²) in [5.74, 6) is -0.619. The van der Waals surface area contributed by atoms with Gasteiger partial charge in [-0.05, 0) is 31.2 Å². The number of hydrogen-bond acceptors (Lipinski definition) is 5. The van der Waals surface area contributed by atoms with E-state index in [0.29, 0.717) is 13.1 Å². The summed E-state index contributed by atoms with van der Waals surface area (Å²) in [7, 11) is 2.07. The van der Waals surface area contributed by atoms with Crippen LogP contribution in [0.25, 0.3) is 0 Å². The second kappa shape index (κ2) is 6.67. The van der Waals surface area contributed by atoms with E-state index in [0.717, 1.165) is 38.2 Å². The Morgan fingerprint density at radius 2 is 2.00 bits per heavy atom. The zero-order chi connectivity index (χ0) is 19.3. The Morgan fingerprint density at radius 3 is 2.75 bits per heavy atom. The molecule has 0 radical (unpaired) electrons. The molecule has 4 atom stereocenters. The molecular formula is C21H26N4O3. The molecule has 148 valence electrons. The quantitative estimate of drug-likeness (QED) is 0.695. The zero-order valence-corrected chi connectivity index (χ0v) is 16.2. The van der Waals surface area contributed by atoms with Gasteiger partial charge in [0.05, 0.1) is 24.5 Å². The van der Waals surface area contributed by atoms with Crippen molar-refractivity contribution in [3.8, 4) is 0 Å². The number of rotatable bonds is 4. The molecule has 0 aliphatic carbocycles. The number of carbonyl (C=O) groups excluding carboxylic acids is 2. The molecule has 4 aliphatic rings. The first-order valence-corrected chi connectivity index (χ1v) is 10.1. The van der Waals surface area contributed by atoms with Gasteiger partial charge in [0.25, 0.3) is 0 Å². The van der Waals surface area contributed by atoms with Crippen LogP contribution >= 0.6 is 0 Å². The van der Waals surface area contributed by atoms with Crippen molar-refractivity contribution in [2.75, 3.05) is 46.3 Å². The molecule has 2 amide bonds. The van der Waals surface area contributed by atoms with E-state index in [4.69, 9.17) is 4.74 Å². The number of ether oxygens (including phenoxy) is 1. The fourth-order valence-electron chi connectivity index (χ4n) is 5.10. The largest absolute Gasteiger partial charge is 0.360 e. The van der Waals surface area contributed by atoms with Crippen LogP contribution in [0.3, 0.4) is 0 Å². The summed E-state index contributed by atoms with van der Waals surface area (Å²) < 4.78 is 6.24. The molecule has 1 spiro atoms. The molecule has 28 heavy (non-hydrogen) atoms. The molecule has 2 bridgehead atoms. The topological polar surface area (TPSA) is 66.0 Å². The molecule has 1 aromatic heterocycles. The highest BCUT2D eigenvalue weighted by atomic mass is 16.5. The van der Waals surface area contributed by atoms with Gasteiger partial charge in [-0.3, -0.25) is 14.6 Å². The monoisotopic (exact) mass is 382 g/mol. The highest BCUT2D eigenvalue weighted by molar-refractivity contribution is 5.93. The first kappa shape index (κ1) is 17.8. The van der Waals surface area contributed by atoms with Crippen LogP contribution in [-0.4, -0.2) is 89.5 Å². The molecule has 0 N–H and O–H groups in total. The predicted molar refractivity (Wildman–Crippen MR) is 102 cm³/mol. The average Bonchev–Trinajstić information content (AvgIpc) is 3.35. The normalized spacial score (nSPS) is 34.3. The van der Waals surface area contributed by atoms with Gasteiger partial charge >= 0.3 is 0 Å². The van der Waals surface area contributed by atoms with E-state index in [1.54, 1.807) is 12.4 Å². The lowest BCUT2D eigenvalue weighted by Crippen LogP contribution is -2.52. The van der Waals surface area contributed by atoms with Crippen molar-refractivity contribution in [3.63, 3.8) is 0 Å². The molecule has 0 unspecified atom stereocenters. The van der Waals surface area contributed by atoms with Crippen LogP contribution in [0.2, 0.25) is 0 Å². The fourth-order valence-corrected chi connectivity index (χ4v) is 5.10. The molecule has 3 saturated heterocycles. The van der Waals surface area contributed by atoms with Crippen LogP contribution < -0.4 is 0 Å². The lowest BCUT2D eigenvalue weighted by molar-refractivity contribution is -0.144. The van der Waals surface area contributed by atoms with E-state index in [1.807, 2.05) is 34.1 Å². The second-order valence-electron chi connectivity index (χ2n) is 8.39. The maximum absolute atomic E-state index is 13.3. The Morgan fingerprint density at radius 1 is 1.25 bits per heavy atom. The van der Waals surface area contributed by atoms with Gasteiger partial charge in [0.15, 0.2) is 0 Å². The van der Waals surface area contributed by atoms with Crippen LogP contribution in [0, 0.1) is 11.8 Å². The first-order chi connectivity index (χ1) is 13.6. The summed E-state index contributed by atoms with van der Waals surface area (Å²) in [4.78, 5) is 36.6. The van der Waals surface area contributed by atoms with Gasteiger partial charge in [0, 0.05) is 45.1 Å². The van der Waals surface area contributed by atoms with Gasteiger partial charge in [0.1, 0.15) is 5.60 Å². The van der Waals surface area contributed by atoms with E-state index in [1.165, 1.54) is 0 Å². The van der Waals surface area contributed by atoms with Crippen LogP contribution in [0.4, 0.5) is 0 Å². The van der Waals surface area contributed by atoms with Gasteiger partial charge < -0.3 is 19.4 Å². The van der Waals surface area contributed by atoms with Crippen molar-refractivity contribution in [3.05, 3.63) is 42.2 Å². The van der Waals surface area contributed by atoms with Crippen LogP contribution in [0.5, 0.6) is 0 Å². The number of aromatic nitrogens is 1. The Bertz CT molecular complexity index is 805. The lowest BCUT2D eigenvalue weighted by atomic mass is 9.76. The Kier molecular flexibility index (Phi) is 4.25. The van der Waals surface area contributed by atoms with Crippen molar-refractivity contribution in [1.82, 2.24) is 19.7 Å². The average molecular weight is 382 g/mol. The van der Waals surface area contributed by atoms with E-state index in [-0.39, 0.29) is 29.8 Å². The molecule has 4 aliphatic heterocycles. The number of amides is 2. The van der Waals surface area contributed by atoms with Crippen molar-refractivity contribution in [2.24, 2.45) is 11.8 Å². The molecule has 1 aromatic rings. The maximum atomic E-state index is 13.3. The van der Waals surface area contributed by atoms with Crippen LogP contribution in [0.15, 0.2) is 36.7 Å². The zero-order valence-electron chi connectivity index (χ0n) is 16.2. The van der Waals surface area contributed by atoms with Gasteiger partial charge in [-0.25, -0.2) is 0 Å². The van der Waals surface area contributed by atoms with Crippen LogP contribution in [0.1, 0.15) is 5.56 Å². The predicted octanol–water partition coefficient (Wildman–Crippen LogP) is 0.180. The molecule has 0 saturated carbocycles. The van der Waals surface area contributed by atoms with Gasteiger partial charge in [-0.2, -0.15) is 0 Å². The third-order valence-electron chi connectivity index (χ3n) is 6.70. The molecule has 5 rings (SSSR count). The Hall–Kier alpha value is -2.25. The molecule has 7 nitrogen and oxygen atoms in total. The van der Waals surface area contributed by atoms with Crippen molar-refractivity contribution >= 4 is 11.8 Å². The number of fused-ring (bicyclic) bond motifs is 1. The SMILES string of the molecule is CN1CCN(C(=O)[C@@H]2[C@@H]3C=C[C@@]4(CN(CCc5ccncc5)C(=O)[C@@H]24)O3)CC1. The summed E-state index contributed by atoms with van der Waals surface area (Å²) >= 11 is 0. The van der Waals surface area contributed by atoms with Gasteiger partial charge in [0.2, 0.25) is 11.8 Å². The van der Waals surface area contributed by atoms with E-state index >= 15 is 0 Å². The summed E-state index contributed by atoms with van der Waals surface area (Å²) in [6.07, 6.45) is 8.08. The summed E-state index contributed by atoms with van der Waals surface area (Å²) in [6.45, 7) is 4.38. The van der Waals surface area contributed by atoms with E-state index < -0.39 is 5.60 Å². The van der Waals surface area contributed by atoms with Crippen LogP contribution in [-0.2, 0) is 20.7 Å². The van der Waals surface area contributed by atoms with Crippen molar-refractivity contribution in [1.29, 1.82) is 0 Å². The summed E-state index contributed by atoms with van der Waals surface area (Å²) in [6, 6.07) is 3.95. The smallest absolute Gasteiger partial charge is 0.230 e. The molecule has 5 heterocycles. The minimum atomic E-state index is -0.618. The third-order valence-corrected chi connectivity index (χ3v) is 6.70. The number of pyridine rings is 1. The molecular weight excluding hydrogens is 356 g/mol. The van der Waals surface area contributed by atoms with Gasteiger partial charge in [-0.1, -0.05) is 12.2 Å². The number of carbonyl (C=O) groups is 2. The van der Waals surface area contributed by atoms with E-state index in [9.17, 15) is 9.59 Å². The number of nitrogens with zero attached hydrogens (tertiary/aromatic N) is 4. The molecule has 7 heteroatoms. The highest BCUT2D eigenvalue weighted by Crippen LogP contribution is 2.52.